The molecule has 9 heavy (non-hydrogen) atoms. The molecule has 4 heteroatoms. The van der Waals surface area contributed by atoms with E-state index in [-0.39, 0.29) is 0 Å². The average Bonchev–Trinajstić information content (AvgIpc) is 2.18. The zero-order valence-corrected chi connectivity index (χ0v) is 5.65. The van der Waals surface area contributed by atoms with Crippen molar-refractivity contribution in [1.82, 2.24) is 10.2 Å². The van der Waals surface area contributed by atoms with Crippen LogP contribution < -0.4 is 5.73 Å². The van der Waals surface area contributed by atoms with Crippen LogP contribution in [0.25, 0.3) is 0 Å². The number of rotatable bonds is 2. The number of H-pyrrole nitrogens is 1. The van der Waals surface area contributed by atoms with Crippen molar-refractivity contribution >= 4 is 11.6 Å². The molecular formula is C5H8ClN3. The highest BCUT2D eigenvalue weighted by molar-refractivity contribution is 6.31. The lowest BCUT2D eigenvalue weighted by Gasteiger charge is -1.90. The number of nitrogens with zero attached hydrogens (tertiary/aromatic N) is 1. The van der Waals surface area contributed by atoms with Gasteiger partial charge in [-0.25, -0.2) is 0 Å². The summed E-state index contributed by atoms with van der Waals surface area (Å²) >= 11 is 5.67. The largest absolute Gasteiger partial charge is 0.330 e. The normalized spacial score (nSPS) is 10.0. The van der Waals surface area contributed by atoms with Crippen LogP contribution in [0.15, 0.2) is 6.20 Å². The maximum atomic E-state index is 5.67. The summed E-state index contributed by atoms with van der Waals surface area (Å²) in [5.74, 6) is 0. The molecule has 0 fully saturated rings. The molecule has 0 aliphatic carbocycles. The minimum absolute atomic E-state index is 0.599. The van der Waals surface area contributed by atoms with Crippen LogP contribution in [0.3, 0.4) is 0 Å². The van der Waals surface area contributed by atoms with Crippen LogP contribution in [0.4, 0.5) is 0 Å². The number of aromatic amines is 1. The van der Waals surface area contributed by atoms with E-state index >= 15 is 0 Å². The van der Waals surface area contributed by atoms with Gasteiger partial charge in [0.2, 0.25) is 0 Å². The Morgan fingerprint density at radius 1 is 1.78 bits per heavy atom. The third kappa shape index (κ3) is 1.43. The Kier molecular flexibility index (Phi) is 2.08. The molecule has 0 aliphatic rings. The molecule has 0 unspecified atom stereocenters. The topological polar surface area (TPSA) is 54.7 Å². The maximum absolute atomic E-state index is 5.67. The van der Waals surface area contributed by atoms with E-state index in [1.54, 1.807) is 6.20 Å². The first-order valence-corrected chi connectivity index (χ1v) is 3.10. The van der Waals surface area contributed by atoms with Crippen LogP contribution in [0, 0.1) is 0 Å². The first-order chi connectivity index (χ1) is 4.34. The fourth-order valence-corrected chi connectivity index (χ4v) is 0.803. The number of nitrogens with two attached hydrogens (primary N) is 1. The van der Waals surface area contributed by atoms with Gasteiger partial charge in [0.05, 0.1) is 16.9 Å². The molecule has 0 saturated carbocycles. The highest BCUT2D eigenvalue weighted by atomic mass is 35.5. The first-order valence-electron chi connectivity index (χ1n) is 2.72. The molecule has 50 valence electrons. The number of hydrogen-bond acceptors (Lipinski definition) is 2. The number of halogens is 1. The maximum Gasteiger partial charge on any atom is 0.0815 e. The van der Waals surface area contributed by atoms with Gasteiger partial charge in [0.15, 0.2) is 0 Å². The Morgan fingerprint density at radius 3 is 3.00 bits per heavy atom. The van der Waals surface area contributed by atoms with E-state index in [2.05, 4.69) is 10.2 Å². The summed E-state index contributed by atoms with van der Waals surface area (Å²) < 4.78 is 0. The van der Waals surface area contributed by atoms with Gasteiger partial charge in [-0.1, -0.05) is 11.6 Å². The van der Waals surface area contributed by atoms with Crippen LogP contribution in [0.2, 0.25) is 5.02 Å². The van der Waals surface area contributed by atoms with E-state index in [1.165, 1.54) is 0 Å². The van der Waals surface area contributed by atoms with Gasteiger partial charge in [-0.3, -0.25) is 5.10 Å². The van der Waals surface area contributed by atoms with Crippen molar-refractivity contribution in [3.05, 3.63) is 16.9 Å². The second kappa shape index (κ2) is 2.85. The minimum Gasteiger partial charge on any atom is -0.330 e. The fraction of sp³-hybridized carbons (Fsp3) is 0.400. The first kappa shape index (κ1) is 6.58. The Morgan fingerprint density at radius 2 is 2.56 bits per heavy atom. The molecule has 1 heterocycles. The summed E-state index contributed by atoms with van der Waals surface area (Å²) in [4.78, 5) is 0. The summed E-state index contributed by atoms with van der Waals surface area (Å²) in [5.41, 5.74) is 6.20. The van der Waals surface area contributed by atoms with E-state index in [9.17, 15) is 0 Å². The van der Waals surface area contributed by atoms with Crippen molar-refractivity contribution in [2.24, 2.45) is 5.73 Å². The summed E-state index contributed by atoms with van der Waals surface area (Å²) in [6.45, 7) is 0.599. The van der Waals surface area contributed by atoms with Crippen molar-refractivity contribution in [2.75, 3.05) is 6.54 Å². The molecule has 0 aliphatic heterocycles. The van der Waals surface area contributed by atoms with Crippen LogP contribution >= 0.6 is 11.6 Å². The summed E-state index contributed by atoms with van der Waals surface area (Å²) in [5, 5.41) is 7.14. The van der Waals surface area contributed by atoms with Crippen LogP contribution in [-0.4, -0.2) is 16.7 Å². The van der Waals surface area contributed by atoms with Gasteiger partial charge in [-0.05, 0) is 6.54 Å². The molecule has 0 amide bonds. The zero-order valence-electron chi connectivity index (χ0n) is 4.89. The van der Waals surface area contributed by atoms with Crippen molar-refractivity contribution in [3.8, 4) is 0 Å². The van der Waals surface area contributed by atoms with Crippen LogP contribution in [-0.2, 0) is 6.42 Å². The van der Waals surface area contributed by atoms with Crippen LogP contribution in [0.1, 0.15) is 5.69 Å². The molecule has 0 bridgehead atoms. The standard InChI is InChI=1S/C5H8ClN3/c6-4-3-8-9-5(4)1-2-7/h3H,1-2,7H2,(H,8,9). The lowest BCUT2D eigenvalue weighted by molar-refractivity contribution is 0.901. The minimum atomic E-state index is 0.599. The highest BCUT2D eigenvalue weighted by Crippen LogP contribution is 2.10. The molecular weight excluding hydrogens is 138 g/mol. The van der Waals surface area contributed by atoms with Crippen molar-refractivity contribution in [1.29, 1.82) is 0 Å². The highest BCUT2D eigenvalue weighted by Gasteiger charge is 1.98. The number of nitrogens with one attached hydrogen (secondary N) is 1. The zero-order chi connectivity index (χ0) is 6.69. The lowest BCUT2D eigenvalue weighted by atomic mass is 10.3. The van der Waals surface area contributed by atoms with Gasteiger partial charge in [0, 0.05) is 6.42 Å². The fourth-order valence-electron chi connectivity index (χ4n) is 0.618. The molecule has 1 aromatic heterocycles. The Balaban J connectivity index is 2.69. The molecule has 1 rings (SSSR count). The number of aromatic nitrogens is 2. The van der Waals surface area contributed by atoms with Gasteiger partial charge >= 0.3 is 0 Å². The summed E-state index contributed by atoms with van der Waals surface area (Å²) in [6.07, 6.45) is 2.34. The third-order valence-corrected chi connectivity index (χ3v) is 1.39. The molecule has 0 saturated heterocycles. The molecule has 3 nitrogen and oxygen atoms in total. The van der Waals surface area contributed by atoms with E-state index < -0.39 is 0 Å². The third-order valence-electron chi connectivity index (χ3n) is 1.06. The smallest absolute Gasteiger partial charge is 0.0815 e. The van der Waals surface area contributed by atoms with Gasteiger partial charge in [0.1, 0.15) is 0 Å². The van der Waals surface area contributed by atoms with E-state index in [0.29, 0.717) is 11.6 Å². The molecule has 0 radical (unpaired) electrons. The predicted octanol–water partition coefficient (Wildman–Crippen LogP) is 0.564. The molecule has 0 atom stereocenters. The molecule has 3 N–H and O–H groups in total. The Hall–Kier alpha value is -0.540. The van der Waals surface area contributed by atoms with Gasteiger partial charge in [0.25, 0.3) is 0 Å². The second-order valence-corrected chi connectivity index (χ2v) is 2.14. The van der Waals surface area contributed by atoms with E-state index in [1.807, 2.05) is 0 Å². The monoisotopic (exact) mass is 145 g/mol. The number of hydrogen-bond donors (Lipinski definition) is 2. The molecule has 0 spiro atoms. The van der Waals surface area contributed by atoms with Crippen LogP contribution in [0.5, 0.6) is 0 Å². The average molecular weight is 146 g/mol. The quantitative estimate of drug-likeness (QED) is 0.639. The van der Waals surface area contributed by atoms with Crippen molar-refractivity contribution in [3.63, 3.8) is 0 Å². The predicted molar refractivity (Wildman–Crippen MR) is 36.4 cm³/mol. The van der Waals surface area contributed by atoms with E-state index in [0.717, 1.165) is 12.1 Å². The molecule has 1 aromatic rings. The summed E-state index contributed by atoms with van der Waals surface area (Å²) in [6, 6.07) is 0. The summed E-state index contributed by atoms with van der Waals surface area (Å²) in [7, 11) is 0. The second-order valence-electron chi connectivity index (χ2n) is 1.74. The lowest BCUT2D eigenvalue weighted by Crippen LogP contribution is -2.03. The van der Waals surface area contributed by atoms with E-state index in [4.69, 9.17) is 17.3 Å². The molecule has 0 aromatic carbocycles. The SMILES string of the molecule is NCCc1[nH]ncc1Cl. The van der Waals surface area contributed by atoms with Gasteiger partial charge in [-0.15, -0.1) is 0 Å². The Labute approximate surface area is 58.2 Å². The van der Waals surface area contributed by atoms with Gasteiger partial charge in [-0.2, -0.15) is 5.10 Å². The Bertz CT molecular complexity index is 184. The van der Waals surface area contributed by atoms with Crippen molar-refractivity contribution in [2.45, 2.75) is 6.42 Å². The van der Waals surface area contributed by atoms with Crippen molar-refractivity contribution < 1.29 is 0 Å². The van der Waals surface area contributed by atoms with Gasteiger partial charge < -0.3 is 5.73 Å².